The van der Waals surface area contributed by atoms with E-state index in [1.807, 2.05) is 0 Å². The van der Waals surface area contributed by atoms with Crippen LogP contribution in [0.3, 0.4) is 0 Å². The summed E-state index contributed by atoms with van der Waals surface area (Å²) in [4.78, 5) is 24.7. The van der Waals surface area contributed by atoms with Crippen molar-refractivity contribution in [3.05, 3.63) is 150 Å². The molecule has 0 saturated heterocycles. The highest BCUT2D eigenvalue weighted by Gasteiger charge is 2.37. The predicted octanol–water partition coefficient (Wildman–Crippen LogP) is 12.1. The molecule has 0 saturated carbocycles. The van der Waals surface area contributed by atoms with E-state index in [0.29, 0.717) is 12.1 Å². The molecule has 0 spiro atoms. The summed E-state index contributed by atoms with van der Waals surface area (Å²) in [6.45, 7) is 0. The summed E-state index contributed by atoms with van der Waals surface area (Å²) in [5.41, 5.74) is -2.34. The van der Waals surface area contributed by atoms with Crippen molar-refractivity contribution in [1.29, 1.82) is 0 Å². The predicted molar refractivity (Wildman–Crippen MR) is 190 cm³/mol. The Balaban J connectivity index is 0.000000208. The summed E-state index contributed by atoms with van der Waals surface area (Å²) < 4.78 is 90.3. The van der Waals surface area contributed by atoms with Gasteiger partial charge >= 0.3 is 24.3 Å². The van der Waals surface area contributed by atoms with Crippen LogP contribution in [0.15, 0.2) is 97.1 Å². The first-order valence-electron chi connectivity index (χ1n) is 14.5. The zero-order valence-electron chi connectivity index (χ0n) is 26.2. The fourth-order valence-electron chi connectivity index (χ4n) is 4.40. The van der Waals surface area contributed by atoms with E-state index in [1.165, 1.54) is 72.8 Å². The summed E-state index contributed by atoms with van der Waals surface area (Å²) in [6, 6.07) is 21.2. The lowest BCUT2D eigenvalue weighted by atomic mass is 10.2. The third-order valence-electron chi connectivity index (χ3n) is 6.70. The van der Waals surface area contributed by atoms with Gasteiger partial charge < -0.3 is 9.47 Å². The second-order valence-corrected chi connectivity index (χ2v) is 13.1. The Morgan fingerprint density at radius 2 is 0.815 bits per heavy atom. The molecule has 8 nitrogen and oxygen atoms in total. The number of benzene rings is 4. The summed E-state index contributed by atoms with van der Waals surface area (Å²) in [5.74, 6) is -2.82. The van der Waals surface area contributed by atoms with Gasteiger partial charge in [-0.1, -0.05) is 93.9 Å². The number of ether oxygens (including phenoxy) is 2. The number of carbonyl (C=O) groups is 2. The molecule has 0 aliphatic carbocycles. The van der Waals surface area contributed by atoms with Crippen molar-refractivity contribution < 1.29 is 45.4 Å². The van der Waals surface area contributed by atoms with Crippen LogP contribution < -0.4 is 9.47 Å². The van der Waals surface area contributed by atoms with Crippen LogP contribution in [0.4, 0.5) is 26.3 Å². The summed E-state index contributed by atoms with van der Waals surface area (Å²) in [6.07, 6.45) is -9.50. The largest absolute Gasteiger partial charge is 0.435 e. The number of hydrogen-bond acceptors (Lipinski definition) is 6. The van der Waals surface area contributed by atoms with Gasteiger partial charge in [-0.25, -0.2) is 9.59 Å². The highest BCUT2D eigenvalue weighted by molar-refractivity contribution is 6.36. The molecule has 0 fully saturated rings. The topological polar surface area (TPSA) is 88.2 Å². The molecular weight excluding hydrogens is 855 g/mol. The third kappa shape index (κ3) is 10.00. The number of aromatic nitrogens is 4. The maximum Gasteiger partial charge on any atom is 0.435 e. The van der Waals surface area contributed by atoms with Crippen molar-refractivity contribution in [3.8, 4) is 23.1 Å². The van der Waals surface area contributed by atoms with Crippen LogP contribution in [0, 0.1) is 0 Å². The molecule has 54 heavy (non-hydrogen) atoms. The van der Waals surface area contributed by atoms with Crippen molar-refractivity contribution in [2.75, 3.05) is 0 Å². The Labute approximate surface area is 330 Å². The van der Waals surface area contributed by atoms with Crippen LogP contribution in [0.5, 0.6) is 11.8 Å². The second-order valence-electron chi connectivity index (χ2n) is 10.5. The number of halogens is 12. The first-order chi connectivity index (χ1) is 25.3. The Hall–Kier alpha value is -4.44. The molecule has 4 aromatic carbocycles. The fourth-order valence-corrected chi connectivity index (χ4v) is 5.85. The Morgan fingerprint density at radius 1 is 0.500 bits per heavy atom. The van der Waals surface area contributed by atoms with Crippen LogP contribution in [-0.2, 0) is 12.4 Å². The molecule has 6 rings (SSSR count). The molecule has 280 valence electrons. The molecule has 2 aromatic heterocycles. The lowest BCUT2D eigenvalue weighted by Gasteiger charge is -2.09. The van der Waals surface area contributed by atoms with E-state index in [0.717, 1.165) is 9.36 Å². The SMILES string of the molecule is O=C(Oc1cc(C(F)(F)F)nn1-c1cc(Cl)cc(Cl)c1)c1ccccc1Cl.O=C(Oc1cc(C(F)(F)F)nn1-c1cc(Cl)cc(Cl)c1)c1ccccc1Cl. The molecule has 0 radical (unpaired) electrons. The molecule has 0 aliphatic rings. The average Bonchev–Trinajstić information content (AvgIpc) is 3.70. The second kappa shape index (κ2) is 16.5. The molecule has 0 atom stereocenters. The van der Waals surface area contributed by atoms with Crippen LogP contribution >= 0.6 is 69.6 Å². The third-order valence-corrected chi connectivity index (χ3v) is 8.23. The zero-order valence-corrected chi connectivity index (χ0v) is 30.7. The lowest BCUT2D eigenvalue weighted by molar-refractivity contribution is -0.142. The van der Waals surface area contributed by atoms with Gasteiger partial charge in [0.25, 0.3) is 0 Å². The fraction of sp³-hybridized carbons (Fsp3) is 0.0588. The van der Waals surface area contributed by atoms with Gasteiger partial charge in [-0.15, -0.1) is 0 Å². The van der Waals surface area contributed by atoms with Crippen molar-refractivity contribution in [3.63, 3.8) is 0 Å². The highest BCUT2D eigenvalue weighted by Crippen LogP contribution is 2.35. The first kappa shape index (κ1) is 40.7. The number of rotatable bonds is 6. The van der Waals surface area contributed by atoms with Gasteiger partial charge in [0.2, 0.25) is 11.8 Å². The minimum Gasteiger partial charge on any atom is -0.404 e. The molecule has 0 N–H and O–H groups in total. The molecule has 2 heterocycles. The van der Waals surface area contributed by atoms with E-state index < -0.39 is 47.4 Å². The monoisotopic (exact) mass is 868 g/mol. The number of nitrogens with zero attached hydrogens (tertiary/aromatic N) is 4. The number of alkyl halides is 6. The molecule has 0 unspecified atom stereocenters. The van der Waals surface area contributed by atoms with Crippen LogP contribution in [0.25, 0.3) is 11.4 Å². The molecule has 0 aliphatic heterocycles. The number of hydrogen-bond donors (Lipinski definition) is 0. The van der Waals surface area contributed by atoms with E-state index in [9.17, 15) is 35.9 Å². The summed E-state index contributed by atoms with van der Waals surface area (Å²) in [7, 11) is 0. The standard InChI is InChI=1S/2C17H8Cl3F3N2O2/c2*18-9-5-10(19)7-11(6-9)25-15(8-14(24-25)17(21,22)23)27-16(26)12-3-1-2-4-13(12)20/h2*1-8H. The summed E-state index contributed by atoms with van der Waals surface area (Å²) >= 11 is 35.4. The van der Waals surface area contributed by atoms with Gasteiger partial charge in [-0.3, -0.25) is 0 Å². The van der Waals surface area contributed by atoms with Gasteiger partial charge in [-0.05, 0) is 60.7 Å². The van der Waals surface area contributed by atoms with E-state index in [2.05, 4.69) is 10.2 Å². The van der Waals surface area contributed by atoms with Gasteiger partial charge in [0.15, 0.2) is 11.4 Å². The Kier molecular flexibility index (Phi) is 12.5. The van der Waals surface area contributed by atoms with Gasteiger partial charge in [0.1, 0.15) is 0 Å². The minimum absolute atomic E-state index is 0.00963. The van der Waals surface area contributed by atoms with E-state index in [-0.39, 0.29) is 52.6 Å². The van der Waals surface area contributed by atoms with Crippen molar-refractivity contribution in [2.24, 2.45) is 0 Å². The zero-order chi connectivity index (χ0) is 39.5. The molecule has 0 bridgehead atoms. The quantitative estimate of drug-likeness (QED) is 0.122. The normalized spacial score (nSPS) is 11.5. The van der Waals surface area contributed by atoms with Crippen molar-refractivity contribution in [2.45, 2.75) is 12.4 Å². The van der Waals surface area contributed by atoms with E-state index >= 15 is 0 Å². The lowest BCUT2D eigenvalue weighted by Crippen LogP contribution is -2.12. The number of esters is 2. The molecule has 20 heteroatoms. The number of carbonyl (C=O) groups excluding carboxylic acids is 2. The summed E-state index contributed by atoms with van der Waals surface area (Å²) in [5, 5.41) is 7.81. The van der Waals surface area contributed by atoms with Gasteiger partial charge in [0, 0.05) is 32.2 Å². The Morgan fingerprint density at radius 3 is 1.11 bits per heavy atom. The smallest absolute Gasteiger partial charge is 0.404 e. The first-order valence-corrected chi connectivity index (χ1v) is 16.8. The van der Waals surface area contributed by atoms with E-state index in [1.54, 1.807) is 12.1 Å². The maximum atomic E-state index is 13.1. The minimum atomic E-state index is -4.75. The highest BCUT2D eigenvalue weighted by atomic mass is 35.5. The molecular formula is C34H16Cl6F6N4O4. The van der Waals surface area contributed by atoms with Crippen LogP contribution in [0.1, 0.15) is 32.1 Å². The van der Waals surface area contributed by atoms with Crippen molar-refractivity contribution >= 4 is 81.5 Å². The Bertz CT molecular complexity index is 2160. The average molecular weight is 871 g/mol. The molecule has 0 amide bonds. The van der Waals surface area contributed by atoms with Gasteiger partial charge in [-0.2, -0.15) is 45.9 Å². The van der Waals surface area contributed by atoms with Crippen LogP contribution in [-0.4, -0.2) is 31.5 Å². The van der Waals surface area contributed by atoms with E-state index in [4.69, 9.17) is 79.1 Å². The maximum absolute atomic E-state index is 13.1. The van der Waals surface area contributed by atoms with Crippen molar-refractivity contribution in [1.82, 2.24) is 19.6 Å². The molecule has 6 aromatic rings. The van der Waals surface area contributed by atoms with Crippen LogP contribution in [0.2, 0.25) is 30.1 Å². The van der Waals surface area contributed by atoms with Gasteiger partial charge in [0.05, 0.1) is 32.5 Å².